The normalized spacial score (nSPS) is 16.4. The van der Waals surface area contributed by atoms with Gasteiger partial charge < -0.3 is 5.32 Å². The van der Waals surface area contributed by atoms with Crippen molar-refractivity contribution >= 4 is 34.2 Å². The number of aryl methyl sites for hydroxylation is 2. The zero-order chi connectivity index (χ0) is 19.4. The first kappa shape index (κ1) is 19.2. The van der Waals surface area contributed by atoms with Crippen molar-refractivity contribution in [2.45, 2.75) is 33.7 Å². The summed E-state index contributed by atoms with van der Waals surface area (Å²) in [4.78, 5) is 15.9. The van der Waals surface area contributed by atoms with Crippen LogP contribution in [0.15, 0.2) is 52.6 Å². The van der Waals surface area contributed by atoms with E-state index in [-0.39, 0.29) is 11.9 Å². The lowest BCUT2D eigenvalue weighted by Crippen LogP contribution is -2.25. The lowest BCUT2D eigenvalue weighted by molar-refractivity contribution is -0.119. The minimum absolute atomic E-state index is 0.00608. The molecular weight excluding hydrogens is 356 g/mol. The minimum Gasteiger partial charge on any atom is -0.350 e. The number of benzene rings is 2. The molecule has 0 fully saturated rings. The van der Waals surface area contributed by atoms with Gasteiger partial charge in [0.25, 0.3) is 0 Å². The van der Waals surface area contributed by atoms with Crippen molar-refractivity contribution in [3.05, 3.63) is 64.7 Å². The van der Waals surface area contributed by atoms with Crippen LogP contribution in [-0.2, 0) is 4.79 Å². The molecule has 1 aliphatic rings. The molecule has 6 heteroatoms. The third-order valence-electron chi connectivity index (χ3n) is 4.45. The first-order chi connectivity index (χ1) is 12.9. The summed E-state index contributed by atoms with van der Waals surface area (Å²) in [6.07, 6.45) is 0. The lowest BCUT2D eigenvalue weighted by Gasteiger charge is -2.17. The van der Waals surface area contributed by atoms with Gasteiger partial charge in [0.1, 0.15) is 0 Å². The van der Waals surface area contributed by atoms with Crippen LogP contribution < -0.4 is 10.7 Å². The molecule has 27 heavy (non-hydrogen) atoms. The van der Waals surface area contributed by atoms with Crippen LogP contribution in [0.1, 0.15) is 42.1 Å². The van der Waals surface area contributed by atoms with Crippen molar-refractivity contribution in [2.75, 3.05) is 5.75 Å². The molecule has 0 saturated carbocycles. The second-order valence-corrected chi connectivity index (χ2v) is 7.62. The Morgan fingerprint density at radius 2 is 1.85 bits per heavy atom. The fourth-order valence-corrected chi connectivity index (χ4v) is 3.73. The minimum atomic E-state index is -0.0282. The summed E-state index contributed by atoms with van der Waals surface area (Å²) in [5, 5.41) is 8.21. The number of hydrazone groups is 1. The Hall–Kier alpha value is -2.60. The van der Waals surface area contributed by atoms with Crippen molar-refractivity contribution in [3.8, 4) is 0 Å². The van der Waals surface area contributed by atoms with E-state index in [0.29, 0.717) is 0 Å². The molecule has 0 spiro atoms. The van der Waals surface area contributed by atoms with Crippen molar-refractivity contribution in [3.63, 3.8) is 0 Å². The van der Waals surface area contributed by atoms with Crippen LogP contribution in [0.3, 0.4) is 0 Å². The van der Waals surface area contributed by atoms with E-state index in [2.05, 4.69) is 41.8 Å². The Labute approximate surface area is 164 Å². The van der Waals surface area contributed by atoms with Crippen molar-refractivity contribution < 1.29 is 4.79 Å². The molecular formula is C21H24N4OS. The van der Waals surface area contributed by atoms with E-state index < -0.39 is 0 Å². The van der Waals surface area contributed by atoms with Crippen LogP contribution in [0.25, 0.3) is 0 Å². The summed E-state index contributed by atoms with van der Waals surface area (Å²) in [5.41, 5.74) is 9.52. The fraction of sp³-hybridized carbons (Fsp3) is 0.286. The molecule has 0 bridgehead atoms. The number of para-hydroxylation sites is 1. The lowest BCUT2D eigenvalue weighted by atomic mass is 10.0. The molecule has 0 aromatic heterocycles. The van der Waals surface area contributed by atoms with E-state index in [9.17, 15) is 4.79 Å². The summed E-state index contributed by atoms with van der Waals surface area (Å²) < 4.78 is 0. The fourth-order valence-electron chi connectivity index (χ4n) is 2.96. The van der Waals surface area contributed by atoms with E-state index >= 15 is 0 Å². The van der Waals surface area contributed by atoms with Crippen LogP contribution in [0.4, 0.5) is 5.69 Å². The monoisotopic (exact) mass is 380 g/mol. The molecule has 1 amide bonds. The third kappa shape index (κ3) is 4.77. The number of rotatable bonds is 4. The van der Waals surface area contributed by atoms with E-state index in [4.69, 9.17) is 4.99 Å². The number of amides is 1. The van der Waals surface area contributed by atoms with Gasteiger partial charge in [0, 0.05) is 12.7 Å². The largest absolute Gasteiger partial charge is 0.350 e. The highest BCUT2D eigenvalue weighted by atomic mass is 32.2. The molecule has 1 atom stereocenters. The van der Waals surface area contributed by atoms with Gasteiger partial charge in [-0.25, -0.2) is 4.99 Å². The number of thioether (sulfide) groups is 1. The van der Waals surface area contributed by atoms with Gasteiger partial charge in [-0.1, -0.05) is 54.2 Å². The standard InChI is InChI=1S/C21H24N4OS/c1-13-6-5-7-14(2)20(13)23-21-25-24-19(12-27-21)18-10-8-17(9-11-18)15(3)22-16(4)26/h5-11,15H,12H2,1-4H3,(H,22,26)(H,23,25)/t15-/m1/s1. The van der Waals surface area contributed by atoms with Crippen molar-refractivity contribution in [1.82, 2.24) is 10.7 Å². The molecule has 140 valence electrons. The number of aliphatic imine (C=N–C) groups is 1. The quantitative estimate of drug-likeness (QED) is 0.834. The van der Waals surface area contributed by atoms with Crippen molar-refractivity contribution in [2.24, 2.45) is 10.1 Å². The van der Waals surface area contributed by atoms with E-state index in [1.165, 1.54) is 6.92 Å². The first-order valence-corrected chi connectivity index (χ1v) is 9.90. The third-order valence-corrected chi connectivity index (χ3v) is 5.32. The highest BCUT2D eigenvalue weighted by Crippen LogP contribution is 2.25. The van der Waals surface area contributed by atoms with Gasteiger partial charge in [-0.05, 0) is 43.0 Å². The van der Waals surface area contributed by atoms with Gasteiger partial charge in [-0.3, -0.25) is 10.2 Å². The maximum absolute atomic E-state index is 11.2. The number of hydrogen-bond donors (Lipinski definition) is 2. The van der Waals surface area contributed by atoms with Gasteiger partial charge in [0.15, 0.2) is 5.17 Å². The molecule has 0 unspecified atom stereocenters. The number of nitrogens with zero attached hydrogens (tertiary/aromatic N) is 2. The highest BCUT2D eigenvalue weighted by molar-refractivity contribution is 8.14. The number of carbonyl (C=O) groups excluding carboxylic acids is 1. The van der Waals surface area contributed by atoms with Gasteiger partial charge in [-0.2, -0.15) is 5.10 Å². The SMILES string of the molecule is CC(=O)N[C@H](C)c1ccc(C2=NNC(=Nc3c(C)cccc3C)SC2)cc1. The van der Waals surface area contributed by atoms with Crippen LogP contribution in [-0.4, -0.2) is 22.5 Å². The second kappa shape index (κ2) is 8.39. The van der Waals surface area contributed by atoms with Crippen LogP contribution in [0, 0.1) is 13.8 Å². The summed E-state index contributed by atoms with van der Waals surface area (Å²) in [6, 6.07) is 14.3. The molecule has 2 aromatic carbocycles. The molecule has 3 rings (SSSR count). The Balaban J connectivity index is 1.72. The Morgan fingerprint density at radius 3 is 2.41 bits per heavy atom. The molecule has 0 saturated heterocycles. The topological polar surface area (TPSA) is 65.8 Å². The van der Waals surface area contributed by atoms with Crippen LogP contribution in [0.2, 0.25) is 0 Å². The maximum atomic E-state index is 11.2. The average Bonchev–Trinajstić information content (AvgIpc) is 2.65. The van der Waals surface area contributed by atoms with Gasteiger partial charge in [0.2, 0.25) is 5.91 Å². The van der Waals surface area contributed by atoms with E-state index in [1.54, 1.807) is 11.8 Å². The second-order valence-electron chi connectivity index (χ2n) is 6.66. The predicted molar refractivity (Wildman–Crippen MR) is 114 cm³/mol. The molecule has 2 N–H and O–H groups in total. The Bertz CT molecular complexity index is 883. The van der Waals surface area contributed by atoms with Gasteiger partial charge in [0.05, 0.1) is 17.4 Å². The van der Waals surface area contributed by atoms with Crippen LogP contribution in [0.5, 0.6) is 0 Å². The summed E-state index contributed by atoms with van der Waals surface area (Å²) in [7, 11) is 0. The summed E-state index contributed by atoms with van der Waals surface area (Å²) >= 11 is 1.65. The molecule has 0 radical (unpaired) electrons. The average molecular weight is 381 g/mol. The van der Waals surface area contributed by atoms with Crippen LogP contribution >= 0.6 is 11.8 Å². The number of amidine groups is 1. The zero-order valence-corrected chi connectivity index (χ0v) is 16.9. The van der Waals surface area contributed by atoms with E-state index in [0.717, 1.165) is 44.6 Å². The molecule has 5 nitrogen and oxygen atoms in total. The molecule has 1 aliphatic heterocycles. The Kier molecular flexibility index (Phi) is 5.96. The summed E-state index contributed by atoms with van der Waals surface area (Å²) in [5.74, 6) is 0.733. The van der Waals surface area contributed by atoms with Gasteiger partial charge in [-0.15, -0.1) is 0 Å². The van der Waals surface area contributed by atoms with Gasteiger partial charge >= 0.3 is 0 Å². The van der Waals surface area contributed by atoms with Crippen molar-refractivity contribution in [1.29, 1.82) is 0 Å². The number of nitrogens with one attached hydrogen (secondary N) is 2. The predicted octanol–water partition coefficient (Wildman–Crippen LogP) is 4.23. The number of hydrogen-bond acceptors (Lipinski definition) is 4. The summed E-state index contributed by atoms with van der Waals surface area (Å²) in [6.45, 7) is 7.64. The maximum Gasteiger partial charge on any atom is 0.217 e. The molecule has 1 heterocycles. The highest BCUT2D eigenvalue weighted by Gasteiger charge is 2.15. The van der Waals surface area contributed by atoms with E-state index in [1.807, 2.05) is 37.3 Å². The number of carbonyl (C=O) groups is 1. The Morgan fingerprint density at radius 1 is 1.19 bits per heavy atom. The first-order valence-electron chi connectivity index (χ1n) is 8.91. The smallest absolute Gasteiger partial charge is 0.217 e. The molecule has 2 aromatic rings. The molecule has 0 aliphatic carbocycles. The zero-order valence-electron chi connectivity index (χ0n) is 16.0.